The van der Waals surface area contributed by atoms with E-state index >= 15 is 0 Å². The zero-order valence-electron chi connectivity index (χ0n) is 16.1. The topological polar surface area (TPSA) is 108 Å². The van der Waals surface area contributed by atoms with Crippen molar-refractivity contribution in [3.05, 3.63) is 60.1 Å². The van der Waals surface area contributed by atoms with Gasteiger partial charge in [0.15, 0.2) is 5.13 Å². The lowest BCUT2D eigenvalue weighted by atomic mass is 10.2. The first-order chi connectivity index (χ1) is 14.9. The number of carbonyl (C=O) groups is 2. The summed E-state index contributed by atoms with van der Waals surface area (Å²) in [6.07, 6.45) is 1.63. The number of hydrogen-bond acceptors (Lipinski definition) is 7. The van der Waals surface area contributed by atoms with Crippen LogP contribution in [-0.4, -0.2) is 37.5 Å². The van der Waals surface area contributed by atoms with E-state index in [1.165, 1.54) is 53.6 Å². The van der Waals surface area contributed by atoms with Gasteiger partial charge in [0.05, 0.1) is 16.3 Å². The summed E-state index contributed by atoms with van der Waals surface area (Å²) in [7, 11) is -3.75. The van der Waals surface area contributed by atoms with E-state index in [1.54, 1.807) is 10.3 Å². The first-order valence-corrected chi connectivity index (χ1v) is 12.6. The first-order valence-electron chi connectivity index (χ1n) is 9.27. The Labute approximate surface area is 187 Å². The maximum absolute atomic E-state index is 12.4. The Morgan fingerprint density at radius 2 is 1.90 bits per heavy atom. The molecule has 11 heteroatoms. The molecule has 2 N–H and O–H groups in total. The van der Waals surface area contributed by atoms with Crippen LogP contribution in [0.1, 0.15) is 6.42 Å². The summed E-state index contributed by atoms with van der Waals surface area (Å²) < 4.78 is 27.1. The number of aromatic nitrogens is 1. The zero-order chi connectivity index (χ0) is 21.8. The number of nitrogens with zero attached hydrogens (tertiary/aromatic N) is 2. The van der Waals surface area contributed by atoms with E-state index in [2.05, 4.69) is 15.0 Å². The average molecular weight is 475 g/mol. The Hall–Kier alpha value is -2.89. The highest BCUT2D eigenvalue weighted by Crippen LogP contribution is 2.34. The van der Waals surface area contributed by atoms with Crippen LogP contribution in [0, 0.1) is 0 Å². The molecule has 0 radical (unpaired) electrons. The third kappa shape index (κ3) is 5.06. The molecule has 0 saturated carbocycles. The molecule has 0 spiro atoms. The SMILES string of the molecule is O=C(CCN1C(=O)CSc2ccccc21)Nc1ccc(S(=O)(=O)Nc2nccs2)cc1. The number of rotatable bonds is 7. The van der Waals surface area contributed by atoms with Gasteiger partial charge in [-0.25, -0.2) is 13.4 Å². The smallest absolute Gasteiger partial charge is 0.263 e. The number of benzene rings is 2. The van der Waals surface area contributed by atoms with E-state index in [1.807, 2.05) is 24.3 Å². The van der Waals surface area contributed by atoms with E-state index in [0.717, 1.165) is 10.6 Å². The maximum Gasteiger partial charge on any atom is 0.263 e. The van der Waals surface area contributed by atoms with Gasteiger partial charge >= 0.3 is 0 Å². The third-order valence-corrected chi connectivity index (χ3v) is 7.69. The van der Waals surface area contributed by atoms with Gasteiger partial charge in [0, 0.05) is 35.1 Å². The molecule has 0 aliphatic carbocycles. The summed E-state index contributed by atoms with van der Waals surface area (Å²) in [5, 5.41) is 4.69. The monoisotopic (exact) mass is 474 g/mol. The minimum absolute atomic E-state index is 0.0289. The molecule has 0 unspecified atom stereocenters. The highest BCUT2D eigenvalue weighted by molar-refractivity contribution is 8.00. The lowest BCUT2D eigenvalue weighted by Gasteiger charge is -2.28. The molecule has 2 aromatic carbocycles. The van der Waals surface area contributed by atoms with Crippen molar-refractivity contribution in [2.45, 2.75) is 16.2 Å². The number of amides is 2. The molecule has 31 heavy (non-hydrogen) atoms. The summed E-state index contributed by atoms with van der Waals surface area (Å²) in [6, 6.07) is 13.5. The number of para-hydroxylation sites is 1. The number of thioether (sulfide) groups is 1. The molecule has 2 amide bonds. The van der Waals surface area contributed by atoms with Crippen LogP contribution in [0.3, 0.4) is 0 Å². The zero-order valence-corrected chi connectivity index (χ0v) is 18.6. The highest BCUT2D eigenvalue weighted by Gasteiger charge is 2.24. The normalized spacial score (nSPS) is 13.5. The van der Waals surface area contributed by atoms with Crippen LogP contribution in [0.4, 0.5) is 16.5 Å². The molecule has 8 nitrogen and oxygen atoms in total. The van der Waals surface area contributed by atoms with E-state index in [4.69, 9.17) is 0 Å². The van der Waals surface area contributed by atoms with Crippen molar-refractivity contribution >= 4 is 61.4 Å². The molecule has 0 bridgehead atoms. The number of thiazole rings is 1. The van der Waals surface area contributed by atoms with Gasteiger partial charge in [0.2, 0.25) is 11.8 Å². The fourth-order valence-electron chi connectivity index (χ4n) is 3.00. The van der Waals surface area contributed by atoms with E-state index < -0.39 is 10.0 Å². The molecule has 1 aliphatic heterocycles. The minimum atomic E-state index is -3.75. The van der Waals surface area contributed by atoms with Crippen LogP contribution in [0.25, 0.3) is 0 Å². The second-order valence-electron chi connectivity index (χ2n) is 6.57. The Balaban J connectivity index is 1.36. The Kier molecular flexibility index (Phi) is 6.25. The van der Waals surface area contributed by atoms with E-state index in [0.29, 0.717) is 11.4 Å². The molecule has 160 valence electrons. The molecular weight excluding hydrogens is 456 g/mol. The van der Waals surface area contributed by atoms with E-state index in [-0.39, 0.29) is 34.8 Å². The van der Waals surface area contributed by atoms with Gasteiger partial charge in [-0.1, -0.05) is 12.1 Å². The van der Waals surface area contributed by atoms with Crippen molar-refractivity contribution in [1.29, 1.82) is 0 Å². The molecule has 3 aromatic rings. The number of sulfonamides is 1. The Morgan fingerprint density at radius 1 is 1.13 bits per heavy atom. The van der Waals surface area contributed by atoms with Crippen LogP contribution >= 0.6 is 23.1 Å². The lowest BCUT2D eigenvalue weighted by Crippen LogP contribution is -2.37. The molecule has 4 rings (SSSR count). The van der Waals surface area contributed by atoms with Crippen LogP contribution in [0.2, 0.25) is 0 Å². The predicted octanol–water partition coefficient (Wildman–Crippen LogP) is 3.41. The summed E-state index contributed by atoms with van der Waals surface area (Å²) >= 11 is 2.67. The average Bonchev–Trinajstić information content (AvgIpc) is 3.26. The predicted molar refractivity (Wildman–Crippen MR) is 122 cm³/mol. The fourth-order valence-corrected chi connectivity index (χ4v) is 5.73. The molecule has 0 fully saturated rings. The maximum atomic E-state index is 12.4. The van der Waals surface area contributed by atoms with Crippen molar-refractivity contribution in [3.8, 4) is 0 Å². The number of fused-ring (bicyclic) bond motifs is 1. The summed E-state index contributed by atoms with van der Waals surface area (Å²) in [5.41, 5.74) is 1.29. The molecular formula is C20H18N4O4S3. The van der Waals surface area contributed by atoms with Gasteiger partial charge in [-0.15, -0.1) is 23.1 Å². The van der Waals surface area contributed by atoms with Gasteiger partial charge in [0.1, 0.15) is 0 Å². The second-order valence-corrected chi connectivity index (χ2v) is 10.2. The Morgan fingerprint density at radius 3 is 2.65 bits per heavy atom. The quantitative estimate of drug-likeness (QED) is 0.543. The molecule has 0 saturated heterocycles. The second kappa shape index (κ2) is 9.08. The summed E-state index contributed by atoms with van der Waals surface area (Å²) in [5.74, 6) is 0.0580. The summed E-state index contributed by atoms with van der Waals surface area (Å²) in [4.78, 5) is 31.3. The summed E-state index contributed by atoms with van der Waals surface area (Å²) in [6.45, 7) is 0.270. The van der Waals surface area contributed by atoms with Crippen LogP contribution in [-0.2, 0) is 19.6 Å². The van der Waals surface area contributed by atoms with Gasteiger partial charge in [0.25, 0.3) is 10.0 Å². The lowest BCUT2D eigenvalue weighted by molar-refractivity contribution is -0.117. The number of nitrogens with one attached hydrogen (secondary N) is 2. The molecule has 0 atom stereocenters. The standard InChI is InChI=1S/C20H18N4O4S3/c25-18(9-11-24-16-3-1-2-4-17(16)30-13-19(24)26)22-14-5-7-15(8-6-14)31(27,28)23-20-21-10-12-29-20/h1-8,10,12H,9,11,13H2,(H,21,23)(H,22,25). The van der Waals surface area contributed by atoms with Crippen molar-refractivity contribution in [2.75, 3.05) is 27.2 Å². The van der Waals surface area contributed by atoms with Crippen LogP contribution < -0.4 is 14.9 Å². The van der Waals surface area contributed by atoms with Crippen molar-refractivity contribution in [1.82, 2.24) is 4.98 Å². The van der Waals surface area contributed by atoms with E-state index in [9.17, 15) is 18.0 Å². The first kappa shape index (κ1) is 21.3. The highest BCUT2D eigenvalue weighted by atomic mass is 32.2. The largest absolute Gasteiger partial charge is 0.326 e. The van der Waals surface area contributed by atoms with Crippen molar-refractivity contribution < 1.29 is 18.0 Å². The third-order valence-electron chi connectivity index (χ3n) is 4.47. The van der Waals surface area contributed by atoms with Gasteiger partial charge < -0.3 is 10.2 Å². The van der Waals surface area contributed by atoms with Crippen LogP contribution in [0.15, 0.2) is 69.9 Å². The van der Waals surface area contributed by atoms with Crippen molar-refractivity contribution in [2.24, 2.45) is 0 Å². The fraction of sp³-hybridized carbons (Fsp3) is 0.150. The number of hydrogen-bond donors (Lipinski definition) is 2. The molecule has 2 heterocycles. The van der Waals surface area contributed by atoms with Gasteiger partial charge in [-0.05, 0) is 36.4 Å². The number of anilines is 3. The van der Waals surface area contributed by atoms with Gasteiger partial charge in [-0.2, -0.15) is 0 Å². The number of carbonyl (C=O) groups excluding carboxylic acids is 2. The molecule has 1 aromatic heterocycles. The van der Waals surface area contributed by atoms with Crippen molar-refractivity contribution in [3.63, 3.8) is 0 Å². The minimum Gasteiger partial charge on any atom is -0.326 e. The van der Waals surface area contributed by atoms with Crippen LogP contribution in [0.5, 0.6) is 0 Å². The molecule has 1 aliphatic rings. The Bertz CT molecular complexity index is 1200. The van der Waals surface area contributed by atoms with Gasteiger partial charge in [-0.3, -0.25) is 14.3 Å².